The smallest absolute Gasteiger partial charge is 0.336 e. The fourth-order valence-electron chi connectivity index (χ4n) is 22.6. The van der Waals surface area contributed by atoms with Crippen LogP contribution in [0.4, 0.5) is 0 Å². The summed E-state index contributed by atoms with van der Waals surface area (Å²) in [5.41, 5.74) is -12.3. The van der Waals surface area contributed by atoms with Crippen molar-refractivity contribution in [3.05, 3.63) is 232 Å². The van der Waals surface area contributed by atoms with Gasteiger partial charge in [0.25, 0.3) is 0 Å². The van der Waals surface area contributed by atoms with E-state index in [0.29, 0.717) is 122 Å². The van der Waals surface area contributed by atoms with Crippen molar-refractivity contribution in [1.82, 2.24) is 0 Å². The Labute approximate surface area is 432 Å². The molecular formula is C64H24O14. The summed E-state index contributed by atoms with van der Waals surface area (Å²) < 4.78 is 31.7. The Kier molecular flexibility index (Phi) is 4.03. The largest absolute Gasteiger partial charge is 0.507 e. The number of benzene rings is 4. The first-order valence-corrected chi connectivity index (χ1v) is 26.3. The van der Waals surface area contributed by atoms with Crippen LogP contribution in [0.15, 0.2) is 134 Å². The normalized spacial score (nSPS) is 45.6. The zero-order chi connectivity index (χ0) is 50.9. The molecular weight excluding hydrogens is 993 g/mol. The van der Waals surface area contributed by atoms with E-state index < -0.39 is 79.2 Å². The summed E-state index contributed by atoms with van der Waals surface area (Å²) in [5, 5.41) is 110. The number of phenolic OH excluding ortho intramolecular Hbond substituents is 1. The number of aromatic carboxylic acids is 1. The number of allylic oxidation sites excluding steroid dienone is 4. The molecule has 4 aromatic carbocycles. The lowest BCUT2D eigenvalue weighted by atomic mass is 9.33. The third-order valence-electron chi connectivity index (χ3n) is 24.2. The molecule has 18 aliphatic carbocycles. The molecule has 4 aliphatic heterocycles. The van der Waals surface area contributed by atoms with E-state index in [9.17, 15) is 40.2 Å². The maximum atomic E-state index is 15.3. The highest BCUT2D eigenvalue weighted by Gasteiger charge is 3.10. The SMILES string of the molecule is O=C(O)C1=c2ccc3c4c2[C@]25O[C@@]26[C@]27O[C@@]28c2c(cc9c%10c2C2=C7C7=C5C1=CC1=Cc5c(O)cc%11c%12c5[C@@]5(O[C@]175)C2=C1[C@]%12(O)[C@]2(O)C(=C%11)C=CC5=C2[C@@]2(O[C@]1%102)C(=C9)C=C5)C(O)=c1cc(C(=O)O)c2c(c18)[C@@]6(O)[C@@]4(O)C(=CC=3)C=2. The van der Waals surface area contributed by atoms with Gasteiger partial charge in [-0.25, -0.2) is 9.59 Å². The van der Waals surface area contributed by atoms with Gasteiger partial charge < -0.3 is 59.8 Å². The Hall–Kier alpha value is -8.28. The van der Waals surface area contributed by atoms with Crippen LogP contribution in [-0.4, -0.2) is 80.8 Å². The van der Waals surface area contributed by atoms with Crippen LogP contribution < -0.4 is 20.9 Å². The lowest BCUT2D eigenvalue weighted by molar-refractivity contribution is -0.203. The summed E-state index contributed by atoms with van der Waals surface area (Å²) >= 11 is 0. The number of carboxylic acids is 2. The number of ether oxygens (including phenoxy) is 4. The van der Waals surface area contributed by atoms with Crippen molar-refractivity contribution in [2.75, 3.05) is 0 Å². The highest BCUT2D eigenvalue weighted by atomic mass is 16.7. The quantitative estimate of drug-likeness (QED) is 0.133. The monoisotopic (exact) mass is 1020 g/mol. The molecule has 14 nitrogen and oxygen atoms in total. The Morgan fingerprint density at radius 3 is 2.15 bits per heavy atom. The number of carboxylic acid groups (broad SMARTS) is 2. The van der Waals surface area contributed by atoms with E-state index in [1.807, 2.05) is 54.7 Å². The number of phenols is 1. The number of hydrogen-bond donors (Lipinski definition) is 8. The minimum atomic E-state index is -2.65. The number of aliphatic carboxylic acids is 1. The lowest BCUT2D eigenvalue weighted by Crippen LogP contribution is -2.79. The number of aliphatic hydroxyl groups excluding tert-OH is 1. The van der Waals surface area contributed by atoms with Gasteiger partial charge in [-0.15, -0.1) is 0 Å². The molecule has 0 unspecified atom stereocenters. The third kappa shape index (κ3) is 2.23. The van der Waals surface area contributed by atoms with Gasteiger partial charge in [-0.2, -0.15) is 0 Å². The summed E-state index contributed by atoms with van der Waals surface area (Å²) in [4.78, 5) is 28.4. The van der Waals surface area contributed by atoms with Crippen molar-refractivity contribution in [1.29, 1.82) is 0 Å². The third-order valence-corrected chi connectivity index (χ3v) is 24.2. The van der Waals surface area contributed by atoms with Crippen LogP contribution in [0.1, 0.15) is 82.7 Å². The van der Waals surface area contributed by atoms with Crippen molar-refractivity contribution in [3.8, 4) is 5.75 Å². The van der Waals surface area contributed by atoms with Crippen molar-refractivity contribution < 1.29 is 69.4 Å². The van der Waals surface area contributed by atoms with E-state index in [1.54, 1.807) is 36.4 Å². The van der Waals surface area contributed by atoms with Gasteiger partial charge in [0.15, 0.2) is 67.2 Å². The molecule has 0 aromatic heterocycles. The molecule has 14 heteroatoms. The molecule has 0 radical (unpaired) electrons. The number of carbonyl (C=O) groups is 2. The summed E-state index contributed by atoms with van der Waals surface area (Å²) in [6.45, 7) is 0. The Balaban J connectivity index is 1.02. The molecule has 4 aromatic rings. The first-order chi connectivity index (χ1) is 37.5. The van der Waals surface area contributed by atoms with Crippen LogP contribution in [0, 0.1) is 0 Å². The van der Waals surface area contributed by atoms with Gasteiger partial charge in [0.05, 0.1) is 11.1 Å². The van der Waals surface area contributed by atoms with Gasteiger partial charge in [-0.05, 0) is 120 Å². The minimum absolute atomic E-state index is 0.0361. The van der Waals surface area contributed by atoms with E-state index in [0.717, 1.165) is 0 Å². The van der Waals surface area contributed by atoms with Gasteiger partial charge in [-0.3, -0.25) is 0 Å². The molecule has 364 valence electrons. The van der Waals surface area contributed by atoms with Gasteiger partial charge in [0.2, 0.25) is 0 Å². The molecule has 0 bridgehead atoms. The summed E-state index contributed by atoms with van der Waals surface area (Å²) in [5.74, 6) is -3.00. The van der Waals surface area contributed by atoms with E-state index in [4.69, 9.17) is 18.9 Å². The predicted octanol–water partition coefficient (Wildman–Crippen LogP) is 1.50. The van der Waals surface area contributed by atoms with Crippen LogP contribution >= 0.6 is 0 Å². The first-order valence-electron chi connectivity index (χ1n) is 26.3. The van der Waals surface area contributed by atoms with E-state index in [-0.39, 0.29) is 66.1 Å². The molecule has 78 heavy (non-hydrogen) atoms. The molecule has 5 fully saturated rings. The van der Waals surface area contributed by atoms with Crippen LogP contribution in [0.3, 0.4) is 0 Å². The van der Waals surface area contributed by atoms with E-state index >= 15 is 10.2 Å². The number of rotatable bonds is 2. The van der Waals surface area contributed by atoms with E-state index in [1.165, 1.54) is 6.07 Å². The van der Waals surface area contributed by atoms with Crippen LogP contribution in [0.25, 0.3) is 47.3 Å². The minimum Gasteiger partial charge on any atom is -0.507 e. The molecule has 26 rings (SSSR count). The summed E-state index contributed by atoms with van der Waals surface area (Å²) in [7, 11) is 0. The Morgan fingerprint density at radius 1 is 0.526 bits per heavy atom. The Morgan fingerprint density at radius 2 is 1.32 bits per heavy atom. The maximum Gasteiger partial charge on any atom is 0.336 e. The van der Waals surface area contributed by atoms with Gasteiger partial charge in [-0.1, -0.05) is 48.6 Å². The molecule has 8 spiro atoms. The van der Waals surface area contributed by atoms with Gasteiger partial charge in [0, 0.05) is 94.3 Å². The standard InChI is InChI=1S/C64H24O14/c65-32-12-20-9-21-6-2-18-3-7-23-10-19-11-30-39-34-35-45-47-42-29(15-24-14-28(32)41-38(20)55(73)50(46(35)58(41)56(24,47)75-58)61(36(19)34)57(23,76-61)49(18)54(21,55)72)33(52(69)70)25-8-4-17-1-5-22-13-26-27(51(67)68)16-31(48(30)66)43-44(26)62(74)53(22,71)37(17)40(25)60(42)64(62,78-60)63(45)59(39,43)77-63/h1-16,65-66,71-74H,(H,67,68)(H,69,70)/t53-,54+,55+,56-,57+,58-,59-,60-,61+,62-,63-,64+/m1/s1. The summed E-state index contributed by atoms with van der Waals surface area (Å²) in [6.07, 6.45) is 20.2. The van der Waals surface area contributed by atoms with Crippen molar-refractivity contribution in [2.24, 2.45) is 0 Å². The zero-order valence-electron chi connectivity index (χ0n) is 39.3. The van der Waals surface area contributed by atoms with Gasteiger partial charge >= 0.3 is 11.9 Å². The highest BCUT2D eigenvalue weighted by Crippen LogP contribution is 3.00. The highest BCUT2D eigenvalue weighted by molar-refractivity contribution is 6.21. The fraction of sp³-hybridized carbons (Fsp3) is 0.188. The fourth-order valence-corrected chi connectivity index (χ4v) is 22.6. The predicted molar refractivity (Wildman–Crippen MR) is 262 cm³/mol. The molecule has 4 heterocycles. The number of aliphatic hydroxyl groups is 5. The lowest BCUT2D eigenvalue weighted by Gasteiger charge is -2.66. The second-order valence-corrected chi connectivity index (χ2v) is 25.4. The topological polar surface area (TPSA) is 246 Å². The second kappa shape index (κ2) is 8.57. The summed E-state index contributed by atoms with van der Waals surface area (Å²) in [6, 6.07) is 8.42. The van der Waals surface area contributed by atoms with Crippen molar-refractivity contribution >= 4 is 59.2 Å². The van der Waals surface area contributed by atoms with Crippen molar-refractivity contribution in [3.63, 3.8) is 0 Å². The molecule has 12 atom stereocenters. The number of aromatic hydroxyl groups is 1. The molecule has 22 aliphatic rings. The molecule has 0 amide bonds. The first kappa shape index (κ1) is 36.7. The van der Waals surface area contributed by atoms with Crippen LogP contribution in [0.2, 0.25) is 0 Å². The molecule has 1 saturated carbocycles. The average Bonchev–Trinajstić information content (AvgIpc) is 1.37. The average molecular weight is 1020 g/mol. The van der Waals surface area contributed by atoms with E-state index in [2.05, 4.69) is 0 Å². The zero-order valence-corrected chi connectivity index (χ0v) is 39.3. The van der Waals surface area contributed by atoms with Crippen LogP contribution in [-0.2, 0) is 62.9 Å². The van der Waals surface area contributed by atoms with Crippen LogP contribution in [0.5, 0.6) is 5.75 Å². The Bertz CT molecular complexity index is 5410. The van der Waals surface area contributed by atoms with Gasteiger partial charge in [0.1, 0.15) is 11.5 Å². The number of epoxide rings is 4. The molecule has 8 N–H and O–H groups in total. The maximum absolute atomic E-state index is 15.3. The molecule has 4 saturated heterocycles. The second-order valence-electron chi connectivity index (χ2n) is 25.4. The van der Waals surface area contributed by atoms with Crippen molar-refractivity contribution in [2.45, 2.75) is 67.2 Å². The number of hydrogen-bond acceptors (Lipinski definition) is 12.